The summed E-state index contributed by atoms with van der Waals surface area (Å²) in [6.45, 7) is 6.90. The fourth-order valence-corrected chi connectivity index (χ4v) is 8.40. The molecule has 4 aliphatic rings. The van der Waals surface area contributed by atoms with E-state index in [1.165, 1.54) is 0 Å². The predicted octanol–water partition coefficient (Wildman–Crippen LogP) is 3.01. The number of anilines is 2. The van der Waals surface area contributed by atoms with Gasteiger partial charge in [-0.25, -0.2) is 0 Å². The number of benzene rings is 1. The van der Waals surface area contributed by atoms with Crippen LogP contribution >= 0.6 is 11.8 Å². The molecule has 204 valence electrons. The molecule has 0 radical (unpaired) electrons. The molecule has 1 aromatic carbocycles. The Morgan fingerprint density at radius 1 is 1.11 bits per heavy atom. The third-order valence-corrected chi connectivity index (χ3v) is 9.94. The first kappa shape index (κ1) is 26.8. The first-order valence-corrected chi connectivity index (χ1v) is 14.6. The van der Waals surface area contributed by atoms with Crippen LogP contribution in [0, 0.1) is 11.8 Å². The van der Waals surface area contributed by atoms with Gasteiger partial charge in [0.2, 0.25) is 5.91 Å². The van der Waals surface area contributed by atoms with E-state index in [0.717, 1.165) is 37.3 Å². The lowest BCUT2D eigenvalue weighted by molar-refractivity contribution is -0.153. The Hall–Kier alpha value is -2.78. The number of allylic oxidation sites excluding steroid dienone is 1. The second-order valence-electron chi connectivity index (χ2n) is 10.2. The molecule has 9 heteroatoms. The zero-order valence-electron chi connectivity index (χ0n) is 22.1. The van der Waals surface area contributed by atoms with Gasteiger partial charge in [0.15, 0.2) is 0 Å². The summed E-state index contributed by atoms with van der Waals surface area (Å²) in [6.07, 6.45) is 10.0. The number of nitrogens with zero attached hydrogens (tertiary/aromatic N) is 3. The van der Waals surface area contributed by atoms with Crippen LogP contribution in [0.3, 0.4) is 0 Å². The normalized spacial score (nSPS) is 31.5. The van der Waals surface area contributed by atoms with Crippen molar-refractivity contribution < 1.29 is 24.2 Å². The Morgan fingerprint density at radius 3 is 2.58 bits per heavy atom. The van der Waals surface area contributed by atoms with Crippen molar-refractivity contribution in [2.45, 2.75) is 49.1 Å². The maximum absolute atomic E-state index is 14.4. The number of carbonyl (C=O) groups is 3. The zero-order valence-corrected chi connectivity index (χ0v) is 22.9. The molecule has 0 bridgehead atoms. The summed E-state index contributed by atoms with van der Waals surface area (Å²) in [7, 11) is 0. The van der Waals surface area contributed by atoms with E-state index in [1.807, 2.05) is 42.5 Å². The molecule has 5 atom stereocenters. The fourth-order valence-electron chi connectivity index (χ4n) is 6.40. The number of esters is 1. The van der Waals surface area contributed by atoms with Crippen LogP contribution in [0.4, 0.5) is 11.4 Å². The van der Waals surface area contributed by atoms with Gasteiger partial charge >= 0.3 is 5.97 Å². The third-order valence-electron chi connectivity index (χ3n) is 8.20. The standard InChI is InChI=1S/C29H37N3O5S/c1-3-30(4-2)20-11-13-21(14-12-20)31-16-8-15-29-24(26(34)32(17-9-18-33)25(29)27(31)35)23-22(38-29)10-6-5-7-19-37-28(23)36/h6,8,10-15,22-25,33H,3-5,7,9,16-19H2,1-2H3/b10-6-/t22-,23+,24+,25?,29+/m1/s1. The highest BCUT2D eigenvalue weighted by molar-refractivity contribution is 8.02. The summed E-state index contributed by atoms with van der Waals surface area (Å²) < 4.78 is 4.72. The third kappa shape index (κ3) is 4.43. The summed E-state index contributed by atoms with van der Waals surface area (Å²) in [5.41, 5.74) is 1.87. The van der Waals surface area contributed by atoms with Crippen molar-refractivity contribution in [2.24, 2.45) is 11.8 Å². The van der Waals surface area contributed by atoms with Gasteiger partial charge in [-0.05, 0) is 57.4 Å². The maximum atomic E-state index is 14.4. The number of carbonyl (C=O) groups excluding carboxylic acids is 3. The van der Waals surface area contributed by atoms with Crippen LogP contribution in [0.25, 0.3) is 0 Å². The van der Waals surface area contributed by atoms with Gasteiger partial charge in [0.05, 0.1) is 23.2 Å². The van der Waals surface area contributed by atoms with E-state index >= 15 is 0 Å². The topological polar surface area (TPSA) is 90.4 Å². The van der Waals surface area contributed by atoms with Crippen LogP contribution < -0.4 is 9.80 Å². The molecule has 1 N–H and O–H groups in total. The average molecular weight is 540 g/mol. The first-order chi connectivity index (χ1) is 18.5. The molecule has 4 heterocycles. The van der Waals surface area contributed by atoms with Crippen molar-refractivity contribution >= 4 is 40.9 Å². The minimum Gasteiger partial charge on any atom is -0.465 e. The minimum absolute atomic E-state index is 0.0846. The molecule has 2 amide bonds. The van der Waals surface area contributed by atoms with Gasteiger partial charge in [-0.15, -0.1) is 11.8 Å². The molecule has 4 aliphatic heterocycles. The molecule has 2 fully saturated rings. The van der Waals surface area contributed by atoms with Gasteiger partial charge in [-0.1, -0.05) is 24.3 Å². The fraction of sp³-hybridized carbons (Fsp3) is 0.552. The zero-order chi connectivity index (χ0) is 26.9. The summed E-state index contributed by atoms with van der Waals surface area (Å²) in [6, 6.07) is 7.21. The molecule has 1 aromatic rings. The molecular formula is C29H37N3O5S. The highest BCUT2D eigenvalue weighted by Crippen LogP contribution is 2.60. The van der Waals surface area contributed by atoms with Gasteiger partial charge < -0.3 is 24.5 Å². The quantitative estimate of drug-likeness (QED) is 0.421. The monoisotopic (exact) mass is 539 g/mol. The molecule has 5 rings (SSSR count). The molecule has 1 unspecified atom stereocenters. The predicted molar refractivity (Wildman–Crippen MR) is 149 cm³/mol. The van der Waals surface area contributed by atoms with Crippen molar-refractivity contribution in [2.75, 3.05) is 49.2 Å². The van der Waals surface area contributed by atoms with E-state index in [9.17, 15) is 19.5 Å². The van der Waals surface area contributed by atoms with Crippen molar-refractivity contribution in [3.05, 3.63) is 48.6 Å². The Balaban J connectivity index is 1.54. The Bertz CT molecular complexity index is 1120. The molecule has 1 spiro atoms. The number of aliphatic hydroxyl groups excluding tert-OH is 1. The van der Waals surface area contributed by atoms with Crippen molar-refractivity contribution in [1.29, 1.82) is 0 Å². The van der Waals surface area contributed by atoms with E-state index in [0.29, 0.717) is 19.6 Å². The maximum Gasteiger partial charge on any atom is 0.311 e. The molecule has 0 aliphatic carbocycles. The number of ether oxygens (including phenoxy) is 1. The molecular weight excluding hydrogens is 502 g/mol. The average Bonchev–Trinajstić information content (AvgIpc) is 3.33. The van der Waals surface area contributed by atoms with Gasteiger partial charge in [-0.3, -0.25) is 14.4 Å². The van der Waals surface area contributed by atoms with E-state index in [4.69, 9.17) is 4.74 Å². The van der Waals surface area contributed by atoms with Gasteiger partial charge in [0.25, 0.3) is 5.91 Å². The number of likely N-dealkylation sites (tertiary alicyclic amines) is 1. The highest BCUT2D eigenvalue weighted by atomic mass is 32.2. The number of hydrogen-bond acceptors (Lipinski definition) is 7. The van der Waals surface area contributed by atoms with Crippen LogP contribution in [-0.2, 0) is 19.1 Å². The lowest BCUT2D eigenvalue weighted by atomic mass is 9.78. The van der Waals surface area contributed by atoms with Gasteiger partial charge in [0, 0.05) is 49.4 Å². The first-order valence-electron chi connectivity index (χ1n) is 13.7. The lowest BCUT2D eigenvalue weighted by Crippen LogP contribution is -2.53. The number of hydrogen-bond donors (Lipinski definition) is 1. The second kappa shape index (κ2) is 11.1. The van der Waals surface area contributed by atoms with E-state index in [2.05, 4.69) is 24.8 Å². The highest BCUT2D eigenvalue weighted by Gasteiger charge is 2.70. The number of cyclic esters (lactones) is 1. The van der Waals surface area contributed by atoms with Crippen molar-refractivity contribution in [1.82, 2.24) is 4.90 Å². The van der Waals surface area contributed by atoms with E-state index < -0.39 is 22.6 Å². The van der Waals surface area contributed by atoms with E-state index in [1.54, 1.807) is 21.6 Å². The largest absolute Gasteiger partial charge is 0.465 e. The minimum atomic E-state index is -0.878. The second-order valence-corrected chi connectivity index (χ2v) is 11.7. The lowest BCUT2D eigenvalue weighted by Gasteiger charge is -2.35. The summed E-state index contributed by atoms with van der Waals surface area (Å²) >= 11 is 1.55. The van der Waals surface area contributed by atoms with Crippen LogP contribution in [0.15, 0.2) is 48.6 Å². The number of aliphatic hydroxyl groups is 1. The molecule has 8 nitrogen and oxygen atoms in total. The van der Waals surface area contributed by atoms with Crippen molar-refractivity contribution in [3.8, 4) is 0 Å². The van der Waals surface area contributed by atoms with Gasteiger partial charge in [0.1, 0.15) is 6.04 Å². The number of amides is 2. The van der Waals surface area contributed by atoms with Crippen LogP contribution in [-0.4, -0.2) is 83.2 Å². The smallest absolute Gasteiger partial charge is 0.311 e. The SMILES string of the molecule is CCN(CC)c1ccc(N2CC=C[C@]34S[C@@H]5/C=C\CCCOC(=O)[C@@H]5[C@H]3C(=O)N(CCCO)C4C2=O)cc1. The van der Waals surface area contributed by atoms with Crippen molar-refractivity contribution in [3.63, 3.8) is 0 Å². The van der Waals surface area contributed by atoms with Crippen LogP contribution in [0.5, 0.6) is 0 Å². The van der Waals surface area contributed by atoms with Crippen LogP contribution in [0.1, 0.15) is 33.1 Å². The molecule has 0 saturated carbocycles. The van der Waals surface area contributed by atoms with Crippen LogP contribution in [0.2, 0.25) is 0 Å². The summed E-state index contributed by atoms with van der Waals surface area (Å²) in [4.78, 5) is 47.2. The van der Waals surface area contributed by atoms with E-state index in [-0.39, 0.29) is 36.2 Å². The Kier molecular flexibility index (Phi) is 7.86. The Labute approximate surface area is 228 Å². The number of rotatable bonds is 7. The summed E-state index contributed by atoms with van der Waals surface area (Å²) in [5.74, 6) is -2.07. The number of thioether (sulfide) groups is 1. The number of fused-ring (bicyclic) bond motifs is 2. The Morgan fingerprint density at radius 2 is 1.87 bits per heavy atom. The molecule has 2 saturated heterocycles. The molecule has 0 aromatic heterocycles. The summed E-state index contributed by atoms with van der Waals surface area (Å²) in [5, 5.41) is 9.32. The molecule has 38 heavy (non-hydrogen) atoms. The van der Waals surface area contributed by atoms with Gasteiger partial charge in [-0.2, -0.15) is 0 Å².